The van der Waals surface area contributed by atoms with E-state index in [0.717, 1.165) is 12.8 Å². The predicted octanol–water partition coefficient (Wildman–Crippen LogP) is 2.39. The van der Waals surface area contributed by atoms with Crippen LogP contribution < -0.4 is 0 Å². The van der Waals surface area contributed by atoms with Crippen LogP contribution in [0.1, 0.15) is 33.1 Å². The molecule has 2 heteroatoms. The second-order valence-electron chi connectivity index (χ2n) is 3.44. The van der Waals surface area contributed by atoms with Crippen LogP contribution in [-0.4, -0.2) is 5.78 Å². The zero-order valence-electron chi connectivity index (χ0n) is 6.52. The fourth-order valence-corrected chi connectivity index (χ4v) is 1.06. The number of carbonyl (C=O) groups excluding carboxylic acids is 1. The second kappa shape index (κ2) is 3.38. The molecule has 1 nitrogen and oxygen atoms in total. The Kier molecular flexibility index (Phi) is 3.37. The monoisotopic (exact) mass is 161 g/mol. The van der Waals surface area contributed by atoms with Gasteiger partial charge in [-0.2, -0.15) is 0 Å². The number of hydrogen-bond acceptors (Lipinski definition) is 1. The summed E-state index contributed by atoms with van der Waals surface area (Å²) in [5, 5.41) is 0. The van der Waals surface area contributed by atoms with Crippen molar-refractivity contribution < 1.29 is 4.79 Å². The Morgan fingerprint density at radius 1 is 1.50 bits per heavy atom. The zero-order valence-corrected chi connectivity index (χ0v) is 7.33. The summed E-state index contributed by atoms with van der Waals surface area (Å²) in [4.78, 5) is 10.7. The lowest BCUT2D eigenvalue weighted by atomic mass is 9.77. The second-order valence-corrected chi connectivity index (χ2v) is 3.44. The number of hydrogen-bond donors (Lipinski definition) is 0. The number of ketones is 1. The highest BCUT2D eigenvalue weighted by Crippen LogP contribution is 2.31. The van der Waals surface area contributed by atoms with E-state index in [2.05, 4.69) is 20.3 Å². The SMILES string of the molecule is CC1(C)[CH]CC(=O)CC1.Cl. The van der Waals surface area contributed by atoms with E-state index in [1.165, 1.54) is 0 Å². The largest absolute Gasteiger partial charge is 0.300 e. The normalized spacial score (nSPS) is 23.6. The van der Waals surface area contributed by atoms with E-state index in [1.54, 1.807) is 0 Å². The molecule has 0 aromatic carbocycles. The lowest BCUT2D eigenvalue weighted by molar-refractivity contribution is -0.120. The van der Waals surface area contributed by atoms with Crippen molar-refractivity contribution in [2.75, 3.05) is 0 Å². The molecule has 1 aliphatic rings. The van der Waals surface area contributed by atoms with Crippen molar-refractivity contribution in [2.24, 2.45) is 5.41 Å². The number of halogens is 1. The molecule has 0 saturated heterocycles. The van der Waals surface area contributed by atoms with Crippen LogP contribution in [0.4, 0.5) is 0 Å². The summed E-state index contributed by atoms with van der Waals surface area (Å²) in [6, 6.07) is 0. The molecular formula is C8H14ClO. The number of carbonyl (C=O) groups is 1. The van der Waals surface area contributed by atoms with Gasteiger partial charge in [-0.3, -0.25) is 4.79 Å². The quantitative estimate of drug-likeness (QED) is 0.533. The van der Waals surface area contributed by atoms with Gasteiger partial charge in [-0.1, -0.05) is 13.8 Å². The zero-order chi connectivity index (χ0) is 6.91. The van der Waals surface area contributed by atoms with Gasteiger partial charge in [0.25, 0.3) is 0 Å². The molecule has 0 atom stereocenters. The maximum Gasteiger partial charge on any atom is 0.133 e. The third kappa shape index (κ3) is 2.70. The van der Waals surface area contributed by atoms with Crippen LogP contribution in [0.25, 0.3) is 0 Å². The summed E-state index contributed by atoms with van der Waals surface area (Å²) < 4.78 is 0. The molecule has 1 saturated carbocycles. The lowest BCUT2D eigenvalue weighted by Crippen LogP contribution is -2.21. The Bertz CT molecular complexity index is 117. The predicted molar refractivity (Wildman–Crippen MR) is 44.2 cm³/mol. The van der Waals surface area contributed by atoms with Crippen molar-refractivity contribution in [3.05, 3.63) is 6.42 Å². The van der Waals surface area contributed by atoms with Crippen LogP contribution in [-0.2, 0) is 4.79 Å². The van der Waals surface area contributed by atoms with Crippen LogP contribution in [0.15, 0.2) is 0 Å². The molecule has 0 amide bonds. The first-order chi connectivity index (χ1) is 4.10. The van der Waals surface area contributed by atoms with Crippen LogP contribution in [0.3, 0.4) is 0 Å². The average molecular weight is 162 g/mol. The average Bonchev–Trinajstić information content (AvgIpc) is 1.78. The molecule has 0 N–H and O–H groups in total. The van der Waals surface area contributed by atoms with Gasteiger partial charge >= 0.3 is 0 Å². The van der Waals surface area contributed by atoms with Gasteiger partial charge in [-0.15, -0.1) is 12.4 Å². The summed E-state index contributed by atoms with van der Waals surface area (Å²) in [5.74, 6) is 0.398. The Labute approximate surface area is 68.6 Å². The highest BCUT2D eigenvalue weighted by Gasteiger charge is 2.24. The van der Waals surface area contributed by atoms with Gasteiger partial charge in [0.15, 0.2) is 0 Å². The van der Waals surface area contributed by atoms with Gasteiger partial charge in [-0.05, 0) is 18.3 Å². The minimum atomic E-state index is 0. The van der Waals surface area contributed by atoms with E-state index < -0.39 is 0 Å². The number of rotatable bonds is 0. The van der Waals surface area contributed by atoms with Gasteiger partial charge in [0.05, 0.1) is 0 Å². The highest BCUT2D eigenvalue weighted by molar-refractivity contribution is 5.85. The lowest BCUT2D eigenvalue weighted by Gasteiger charge is -2.27. The topological polar surface area (TPSA) is 17.1 Å². The molecule has 0 aromatic rings. The molecule has 0 bridgehead atoms. The molecule has 0 unspecified atom stereocenters. The van der Waals surface area contributed by atoms with Gasteiger partial charge in [0, 0.05) is 12.8 Å². The molecule has 1 aliphatic carbocycles. The fraction of sp³-hybridized carbons (Fsp3) is 0.750. The van der Waals surface area contributed by atoms with Crippen molar-refractivity contribution in [2.45, 2.75) is 33.1 Å². The van der Waals surface area contributed by atoms with Crippen molar-refractivity contribution in [3.8, 4) is 0 Å². The highest BCUT2D eigenvalue weighted by atomic mass is 35.5. The molecule has 10 heavy (non-hydrogen) atoms. The van der Waals surface area contributed by atoms with Crippen LogP contribution >= 0.6 is 12.4 Å². The van der Waals surface area contributed by atoms with E-state index >= 15 is 0 Å². The van der Waals surface area contributed by atoms with Gasteiger partial charge in [0.1, 0.15) is 5.78 Å². The summed E-state index contributed by atoms with van der Waals surface area (Å²) in [5.41, 5.74) is 0.313. The van der Waals surface area contributed by atoms with E-state index in [9.17, 15) is 4.79 Å². The molecule has 0 aliphatic heterocycles. The first-order valence-electron chi connectivity index (χ1n) is 3.46. The molecule has 0 aromatic heterocycles. The summed E-state index contributed by atoms with van der Waals surface area (Å²) in [6.45, 7) is 4.36. The summed E-state index contributed by atoms with van der Waals surface area (Å²) >= 11 is 0. The van der Waals surface area contributed by atoms with Gasteiger partial charge in [-0.25, -0.2) is 0 Å². The summed E-state index contributed by atoms with van der Waals surface area (Å²) in [6.07, 6.45) is 4.63. The minimum Gasteiger partial charge on any atom is -0.300 e. The molecule has 1 rings (SSSR count). The van der Waals surface area contributed by atoms with Crippen LogP contribution in [0.2, 0.25) is 0 Å². The molecule has 1 radical (unpaired) electrons. The van der Waals surface area contributed by atoms with Crippen LogP contribution in [0.5, 0.6) is 0 Å². The number of Topliss-reactive ketones (excluding diaryl/α,β-unsaturated/α-hetero) is 1. The standard InChI is InChI=1S/C8H13O.ClH/c1-8(2)5-3-7(9)4-6-8;/h5H,3-4,6H2,1-2H3;1H. The van der Waals surface area contributed by atoms with E-state index in [1.807, 2.05) is 0 Å². The Hall–Kier alpha value is -0.0400. The van der Waals surface area contributed by atoms with Crippen molar-refractivity contribution in [1.29, 1.82) is 0 Å². The van der Waals surface area contributed by atoms with Crippen molar-refractivity contribution in [3.63, 3.8) is 0 Å². The van der Waals surface area contributed by atoms with Gasteiger partial charge in [0.2, 0.25) is 0 Å². The van der Waals surface area contributed by atoms with Crippen LogP contribution in [0, 0.1) is 11.8 Å². The third-order valence-corrected chi connectivity index (χ3v) is 1.93. The Morgan fingerprint density at radius 3 is 2.40 bits per heavy atom. The molecule has 0 spiro atoms. The Balaban J connectivity index is 0.000000810. The maximum absolute atomic E-state index is 10.7. The van der Waals surface area contributed by atoms with Crippen molar-refractivity contribution >= 4 is 18.2 Å². The first-order valence-corrected chi connectivity index (χ1v) is 3.46. The maximum atomic E-state index is 10.7. The van der Waals surface area contributed by atoms with E-state index in [-0.39, 0.29) is 12.4 Å². The minimum absolute atomic E-state index is 0. The van der Waals surface area contributed by atoms with E-state index in [4.69, 9.17) is 0 Å². The van der Waals surface area contributed by atoms with Crippen molar-refractivity contribution in [1.82, 2.24) is 0 Å². The molecular weight excluding hydrogens is 148 g/mol. The molecule has 0 heterocycles. The molecule has 59 valence electrons. The third-order valence-electron chi connectivity index (χ3n) is 1.93. The van der Waals surface area contributed by atoms with Gasteiger partial charge < -0.3 is 0 Å². The first kappa shape index (κ1) is 9.96. The fourth-order valence-electron chi connectivity index (χ4n) is 1.06. The smallest absolute Gasteiger partial charge is 0.133 e. The Morgan fingerprint density at radius 2 is 2.10 bits per heavy atom. The molecule has 1 fully saturated rings. The van der Waals surface area contributed by atoms with E-state index in [0.29, 0.717) is 17.6 Å². The summed E-state index contributed by atoms with van der Waals surface area (Å²) in [7, 11) is 0.